The van der Waals surface area contributed by atoms with Gasteiger partial charge in [0.25, 0.3) is 5.91 Å². The Morgan fingerprint density at radius 3 is 3.04 bits per heavy atom. The third kappa shape index (κ3) is 2.80. The van der Waals surface area contributed by atoms with Gasteiger partial charge in [0.05, 0.1) is 12.2 Å². The average molecular weight is 324 g/mol. The predicted octanol–water partition coefficient (Wildman–Crippen LogP) is 2.74. The summed E-state index contributed by atoms with van der Waals surface area (Å²) >= 11 is 0. The van der Waals surface area contributed by atoms with Gasteiger partial charge in [0.2, 0.25) is 11.7 Å². The van der Waals surface area contributed by atoms with Crippen LogP contribution in [-0.4, -0.2) is 39.0 Å². The number of piperidine rings is 1. The van der Waals surface area contributed by atoms with Gasteiger partial charge in [0, 0.05) is 31.0 Å². The van der Waals surface area contributed by atoms with Crippen molar-refractivity contribution in [1.29, 1.82) is 0 Å². The van der Waals surface area contributed by atoms with Crippen LogP contribution >= 0.6 is 0 Å². The standard InChI is InChI=1S/C17H16N4O3/c22-17(14-6-3-9-23-14)21-8-2-5-13(11-21)16-19-15(20-24-16)12-4-1-7-18-10-12/h1,3-4,6-7,9-10,13H,2,5,8,11H2/t13-/m0/s1. The summed E-state index contributed by atoms with van der Waals surface area (Å²) in [7, 11) is 0. The second-order valence-electron chi connectivity index (χ2n) is 5.77. The zero-order valence-electron chi connectivity index (χ0n) is 13.0. The molecular formula is C17H16N4O3. The highest BCUT2D eigenvalue weighted by Gasteiger charge is 2.30. The Morgan fingerprint density at radius 1 is 1.29 bits per heavy atom. The van der Waals surface area contributed by atoms with Gasteiger partial charge in [-0.3, -0.25) is 9.78 Å². The molecule has 1 aliphatic rings. The van der Waals surface area contributed by atoms with Crippen LogP contribution in [0.2, 0.25) is 0 Å². The smallest absolute Gasteiger partial charge is 0.289 e. The molecule has 1 atom stereocenters. The summed E-state index contributed by atoms with van der Waals surface area (Å²) in [6.45, 7) is 1.26. The lowest BCUT2D eigenvalue weighted by Crippen LogP contribution is -2.39. The number of hydrogen-bond donors (Lipinski definition) is 0. The quantitative estimate of drug-likeness (QED) is 0.736. The van der Waals surface area contributed by atoms with Crippen molar-refractivity contribution in [3.05, 3.63) is 54.6 Å². The zero-order chi connectivity index (χ0) is 16.4. The number of carbonyl (C=O) groups excluding carboxylic acids is 1. The summed E-state index contributed by atoms with van der Waals surface area (Å²) < 4.78 is 10.6. The van der Waals surface area contributed by atoms with E-state index in [1.165, 1.54) is 6.26 Å². The molecule has 4 rings (SSSR count). The molecule has 3 aromatic rings. The van der Waals surface area contributed by atoms with Crippen molar-refractivity contribution in [2.24, 2.45) is 0 Å². The lowest BCUT2D eigenvalue weighted by atomic mass is 9.97. The summed E-state index contributed by atoms with van der Waals surface area (Å²) in [5.41, 5.74) is 0.812. The molecule has 4 heterocycles. The van der Waals surface area contributed by atoms with Crippen LogP contribution in [0.1, 0.15) is 35.2 Å². The number of likely N-dealkylation sites (tertiary alicyclic amines) is 1. The molecule has 122 valence electrons. The van der Waals surface area contributed by atoms with Crippen LogP contribution in [0.25, 0.3) is 11.4 Å². The number of pyridine rings is 1. The highest BCUT2D eigenvalue weighted by Crippen LogP contribution is 2.28. The largest absolute Gasteiger partial charge is 0.459 e. The monoisotopic (exact) mass is 324 g/mol. The summed E-state index contributed by atoms with van der Waals surface area (Å²) in [6.07, 6.45) is 6.71. The number of furan rings is 1. The molecule has 0 spiro atoms. The van der Waals surface area contributed by atoms with Gasteiger partial charge in [0.1, 0.15) is 0 Å². The molecule has 3 aromatic heterocycles. The maximum absolute atomic E-state index is 12.4. The van der Waals surface area contributed by atoms with Crippen LogP contribution < -0.4 is 0 Å². The topological polar surface area (TPSA) is 85.3 Å². The first-order valence-electron chi connectivity index (χ1n) is 7.88. The second-order valence-corrected chi connectivity index (χ2v) is 5.77. The first kappa shape index (κ1) is 14.6. The van der Waals surface area contributed by atoms with Crippen LogP contribution in [0, 0.1) is 0 Å². The van der Waals surface area contributed by atoms with Crippen molar-refractivity contribution in [1.82, 2.24) is 20.0 Å². The highest BCUT2D eigenvalue weighted by molar-refractivity contribution is 5.91. The van der Waals surface area contributed by atoms with E-state index in [0.29, 0.717) is 30.6 Å². The first-order valence-corrected chi connectivity index (χ1v) is 7.88. The van der Waals surface area contributed by atoms with E-state index in [-0.39, 0.29) is 11.8 Å². The van der Waals surface area contributed by atoms with Crippen molar-refractivity contribution in [2.45, 2.75) is 18.8 Å². The lowest BCUT2D eigenvalue weighted by molar-refractivity contribution is 0.0663. The van der Waals surface area contributed by atoms with Gasteiger partial charge in [-0.15, -0.1) is 0 Å². The Morgan fingerprint density at radius 2 is 2.25 bits per heavy atom. The van der Waals surface area contributed by atoms with E-state index in [4.69, 9.17) is 8.94 Å². The summed E-state index contributed by atoms with van der Waals surface area (Å²) in [5.74, 6) is 1.38. The molecule has 0 bridgehead atoms. The summed E-state index contributed by atoms with van der Waals surface area (Å²) in [4.78, 5) is 22.7. The number of aromatic nitrogens is 3. The van der Waals surface area contributed by atoms with Gasteiger partial charge in [-0.2, -0.15) is 4.98 Å². The van der Waals surface area contributed by atoms with Gasteiger partial charge in [-0.1, -0.05) is 5.16 Å². The van der Waals surface area contributed by atoms with Crippen LogP contribution in [0.3, 0.4) is 0 Å². The Bertz CT molecular complexity index is 814. The van der Waals surface area contributed by atoms with Gasteiger partial charge in [0.15, 0.2) is 5.76 Å². The van der Waals surface area contributed by atoms with Crippen molar-refractivity contribution in [3.63, 3.8) is 0 Å². The van der Waals surface area contributed by atoms with E-state index in [2.05, 4.69) is 15.1 Å². The fourth-order valence-electron chi connectivity index (χ4n) is 2.93. The minimum Gasteiger partial charge on any atom is -0.459 e. The van der Waals surface area contributed by atoms with Gasteiger partial charge >= 0.3 is 0 Å². The molecule has 7 heteroatoms. The van der Waals surface area contributed by atoms with Crippen molar-refractivity contribution >= 4 is 5.91 Å². The molecule has 24 heavy (non-hydrogen) atoms. The third-order valence-electron chi connectivity index (χ3n) is 4.15. The molecular weight excluding hydrogens is 308 g/mol. The second kappa shape index (κ2) is 6.27. The van der Waals surface area contributed by atoms with E-state index in [0.717, 1.165) is 18.4 Å². The van der Waals surface area contributed by atoms with E-state index in [1.54, 1.807) is 29.4 Å². The van der Waals surface area contributed by atoms with Crippen LogP contribution in [0.5, 0.6) is 0 Å². The van der Waals surface area contributed by atoms with E-state index < -0.39 is 0 Å². The molecule has 0 unspecified atom stereocenters. The molecule has 0 N–H and O–H groups in total. The minimum atomic E-state index is -0.100. The molecule has 0 aromatic carbocycles. The molecule has 1 saturated heterocycles. The first-order chi connectivity index (χ1) is 11.8. The van der Waals surface area contributed by atoms with Crippen molar-refractivity contribution < 1.29 is 13.7 Å². The normalized spacial score (nSPS) is 17.8. The highest BCUT2D eigenvalue weighted by atomic mass is 16.5. The van der Waals surface area contributed by atoms with Gasteiger partial charge < -0.3 is 13.8 Å². The Hall–Kier alpha value is -2.96. The van der Waals surface area contributed by atoms with Crippen molar-refractivity contribution in [2.75, 3.05) is 13.1 Å². The number of hydrogen-bond acceptors (Lipinski definition) is 6. The van der Waals surface area contributed by atoms with Crippen LogP contribution in [0.4, 0.5) is 0 Å². The summed E-state index contributed by atoms with van der Waals surface area (Å²) in [5, 5.41) is 4.03. The Balaban J connectivity index is 1.50. The molecule has 1 aliphatic heterocycles. The fourth-order valence-corrected chi connectivity index (χ4v) is 2.93. The van der Waals surface area contributed by atoms with Crippen LogP contribution in [0.15, 0.2) is 51.9 Å². The maximum atomic E-state index is 12.4. The molecule has 0 aliphatic carbocycles. The fraction of sp³-hybridized carbons (Fsp3) is 0.294. The van der Waals surface area contributed by atoms with E-state index in [9.17, 15) is 4.79 Å². The average Bonchev–Trinajstić information content (AvgIpc) is 3.34. The maximum Gasteiger partial charge on any atom is 0.289 e. The van der Waals surface area contributed by atoms with Gasteiger partial charge in [-0.25, -0.2) is 0 Å². The number of rotatable bonds is 3. The number of amides is 1. The lowest BCUT2D eigenvalue weighted by Gasteiger charge is -2.30. The Kier molecular flexibility index (Phi) is 3.82. The molecule has 0 radical (unpaired) electrons. The minimum absolute atomic E-state index is 0.0376. The van der Waals surface area contributed by atoms with Crippen LogP contribution in [-0.2, 0) is 0 Å². The third-order valence-corrected chi connectivity index (χ3v) is 4.15. The molecule has 1 fully saturated rings. The molecule has 1 amide bonds. The molecule has 0 saturated carbocycles. The zero-order valence-corrected chi connectivity index (χ0v) is 13.0. The Labute approximate surface area is 138 Å². The van der Waals surface area contributed by atoms with Crippen molar-refractivity contribution in [3.8, 4) is 11.4 Å². The van der Waals surface area contributed by atoms with E-state index in [1.807, 2.05) is 12.1 Å². The number of carbonyl (C=O) groups is 1. The van der Waals surface area contributed by atoms with Gasteiger partial charge in [-0.05, 0) is 37.1 Å². The SMILES string of the molecule is O=C(c1ccco1)N1CCC[C@H](c2nc(-c3cccnc3)no2)C1. The predicted molar refractivity (Wildman–Crippen MR) is 84.1 cm³/mol. The number of nitrogens with zero attached hydrogens (tertiary/aromatic N) is 4. The molecule has 7 nitrogen and oxygen atoms in total. The summed E-state index contributed by atoms with van der Waals surface area (Å²) in [6, 6.07) is 7.11. The van der Waals surface area contributed by atoms with E-state index >= 15 is 0 Å².